The lowest BCUT2D eigenvalue weighted by Gasteiger charge is -2.08. The number of nitrogens with one attached hydrogen (secondary N) is 1. The van der Waals surface area contributed by atoms with Crippen molar-refractivity contribution in [3.05, 3.63) is 63.3 Å². The van der Waals surface area contributed by atoms with Gasteiger partial charge in [0.05, 0.1) is 17.1 Å². The fourth-order valence-electron chi connectivity index (χ4n) is 2.19. The Morgan fingerprint density at radius 1 is 1.25 bits per heavy atom. The first-order valence-electron chi connectivity index (χ1n) is 6.27. The van der Waals surface area contributed by atoms with E-state index in [1.165, 1.54) is 5.56 Å². The summed E-state index contributed by atoms with van der Waals surface area (Å²) in [5.41, 5.74) is 9.21. The second kappa shape index (κ2) is 5.56. The number of hydrogen-bond acceptors (Lipinski definition) is 2. The molecule has 0 fully saturated rings. The fourth-order valence-corrected chi connectivity index (χ4v) is 2.81. The van der Waals surface area contributed by atoms with Crippen LogP contribution in [0.2, 0.25) is 5.02 Å². The van der Waals surface area contributed by atoms with Gasteiger partial charge in [-0.15, -0.1) is 0 Å². The van der Waals surface area contributed by atoms with Gasteiger partial charge in [-0.25, -0.2) is 4.98 Å². The van der Waals surface area contributed by atoms with Gasteiger partial charge in [0.2, 0.25) is 0 Å². The van der Waals surface area contributed by atoms with Crippen LogP contribution < -0.4 is 5.73 Å². The highest BCUT2D eigenvalue weighted by Gasteiger charge is 2.12. The van der Waals surface area contributed by atoms with Crippen LogP contribution in [-0.2, 0) is 6.42 Å². The molecule has 3 aromatic rings. The third kappa shape index (κ3) is 2.87. The molecule has 5 heteroatoms. The molecule has 3 rings (SSSR count). The van der Waals surface area contributed by atoms with E-state index in [9.17, 15) is 0 Å². The maximum absolute atomic E-state index is 6.24. The van der Waals surface area contributed by atoms with Crippen LogP contribution in [0.4, 0.5) is 0 Å². The van der Waals surface area contributed by atoms with E-state index in [0.29, 0.717) is 5.02 Å². The molecule has 0 saturated carbocycles. The van der Waals surface area contributed by atoms with E-state index < -0.39 is 0 Å². The van der Waals surface area contributed by atoms with Crippen molar-refractivity contribution in [2.75, 3.05) is 0 Å². The van der Waals surface area contributed by atoms with E-state index >= 15 is 0 Å². The number of nitrogens with zero attached hydrogens (tertiary/aromatic N) is 1. The lowest BCUT2D eigenvalue weighted by molar-refractivity contribution is 0.680. The third-order valence-corrected chi connectivity index (χ3v) is 3.89. The fraction of sp³-hybridized carbons (Fsp3) is 0.133. The van der Waals surface area contributed by atoms with Crippen LogP contribution in [0.15, 0.2) is 46.9 Å². The zero-order valence-electron chi connectivity index (χ0n) is 10.6. The molecule has 102 valence electrons. The van der Waals surface area contributed by atoms with E-state index in [1.807, 2.05) is 30.3 Å². The normalized spacial score (nSPS) is 12.8. The van der Waals surface area contributed by atoms with Gasteiger partial charge in [0.1, 0.15) is 5.82 Å². The van der Waals surface area contributed by atoms with Gasteiger partial charge < -0.3 is 10.7 Å². The molecule has 1 heterocycles. The van der Waals surface area contributed by atoms with Gasteiger partial charge in [-0.3, -0.25) is 0 Å². The van der Waals surface area contributed by atoms with E-state index in [1.54, 1.807) is 0 Å². The van der Waals surface area contributed by atoms with Gasteiger partial charge >= 0.3 is 0 Å². The molecule has 0 spiro atoms. The minimum absolute atomic E-state index is 0.171. The maximum Gasteiger partial charge on any atom is 0.124 e. The molecule has 1 unspecified atom stereocenters. The minimum atomic E-state index is -0.171. The molecule has 1 aromatic heterocycles. The van der Waals surface area contributed by atoms with Gasteiger partial charge in [0.25, 0.3) is 0 Å². The zero-order chi connectivity index (χ0) is 14.1. The van der Waals surface area contributed by atoms with Gasteiger partial charge in [-0.2, -0.15) is 0 Å². The van der Waals surface area contributed by atoms with Crippen LogP contribution in [0.25, 0.3) is 11.0 Å². The molecule has 0 aliphatic carbocycles. The number of halogens is 2. The van der Waals surface area contributed by atoms with E-state index in [4.69, 9.17) is 17.3 Å². The first-order chi connectivity index (χ1) is 9.61. The Kier molecular flexibility index (Phi) is 3.78. The molecule has 20 heavy (non-hydrogen) atoms. The standard InChI is InChI=1S/C15H13BrClN3/c16-10-3-1-2-9(6-10)7-12(18)15-19-13-5-4-11(17)8-14(13)20-15/h1-6,8,12H,7,18H2,(H,19,20). The van der Waals surface area contributed by atoms with Crippen molar-refractivity contribution in [3.8, 4) is 0 Å². The highest BCUT2D eigenvalue weighted by molar-refractivity contribution is 9.10. The van der Waals surface area contributed by atoms with E-state index in [0.717, 1.165) is 27.8 Å². The average Bonchev–Trinajstić information content (AvgIpc) is 2.81. The van der Waals surface area contributed by atoms with Crippen molar-refractivity contribution < 1.29 is 0 Å². The van der Waals surface area contributed by atoms with Crippen molar-refractivity contribution in [2.45, 2.75) is 12.5 Å². The number of fused-ring (bicyclic) bond motifs is 1. The summed E-state index contributed by atoms with van der Waals surface area (Å²) in [4.78, 5) is 7.76. The number of benzene rings is 2. The molecule has 0 radical (unpaired) electrons. The molecule has 0 amide bonds. The second-order valence-electron chi connectivity index (χ2n) is 4.72. The molecule has 0 aliphatic rings. The van der Waals surface area contributed by atoms with Gasteiger partial charge in [0.15, 0.2) is 0 Å². The number of hydrogen-bond donors (Lipinski definition) is 2. The first kappa shape index (κ1) is 13.6. The Hall–Kier alpha value is -1.36. The lowest BCUT2D eigenvalue weighted by Crippen LogP contribution is -2.14. The average molecular weight is 351 g/mol. The number of aromatic amines is 1. The van der Waals surface area contributed by atoms with E-state index in [2.05, 4.69) is 38.0 Å². The molecule has 0 bridgehead atoms. The monoisotopic (exact) mass is 349 g/mol. The number of imidazole rings is 1. The number of H-pyrrole nitrogens is 1. The predicted octanol–water partition coefficient (Wildman–Crippen LogP) is 4.22. The minimum Gasteiger partial charge on any atom is -0.341 e. The van der Waals surface area contributed by atoms with Crippen molar-refractivity contribution in [2.24, 2.45) is 5.73 Å². The van der Waals surface area contributed by atoms with Crippen molar-refractivity contribution >= 4 is 38.6 Å². The molecule has 1 atom stereocenters. The van der Waals surface area contributed by atoms with Crippen molar-refractivity contribution in [3.63, 3.8) is 0 Å². The number of rotatable bonds is 3. The van der Waals surface area contributed by atoms with Crippen LogP contribution in [0.5, 0.6) is 0 Å². The van der Waals surface area contributed by atoms with Crippen molar-refractivity contribution in [1.82, 2.24) is 9.97 Å². The molecule has 3 N–H and O–H groups in total. The van der Waals surface area contributed by atoms with Gasteiger partial charge in [-0.1, -0.05) is 39.7 Å². The summed E-state index contributed by atoms with van der Waals surface area (Å²) in [5.74, 6) is 0.780. The SMILES string of the molecule is NC(Cc1cccc(Br)c1)c1nc2ccc(Cl)cc2[nH]1. The van der Waals surface area contributed by atoms with E-state index in [-0.39, 0.29) is 6.04 Å². The van der Waals surface area contributed by atoms with Crippen LogP contribution in [-0.4, -0.2) is 9.97 Å². The Balaban J connectivity index is 1.86. The topological polar surface area (TPSA) is 54.7 Å². The van der Waals surface area contributed by atoms with Crippen LogP contribution in [0.1, 0.15) is 17.4 Å². The molecule has 0 saturated heterocycles. The Bertz CT molecular complexity index is 754. The quantitative estimate of drug-likeness (QED) is 0.743. The zero-order valence-corrected chi connectivity index (χ0v) is 12.9. The third-order valence-electron chi connectivity index (χ3n) is 3.16. The molecular formula is C15H13BrClN3. The summed E-state index contributed by atoms with van der Waals surface area (Å²) in [6.45, 7) is 0. The predicted molar refractivity (Wildman–Crippen MR) is 85.9 cm³/mol. The summed E-state index contributed by atoms with van der Waals surface area (Å²) in [6, 6.07) is 13.5. The Morgan fingerprint density at radius 2 is 2.10 bits per heavy atom. The first-order valence-corrected chi connectivity index (χ1v) is 7.44. The largest absolute Gasteiger partial charge is 0.341 e. The second-order valence-corrected chi connectivity index (χ2v) is 6.08. The maximum atomic E-state index is 6.24. The summed E-state index contributed by atoms with van der Waals surface area (Å²) in [7, 11) is 0. The van der Waals surface area contributed by atoms with Crippen LogP contribution in [0, 0.1) is 0 Å². The van der Waals surface area contributed by atoms with Crippen LogP contribution >= 0.6 is 27.5 Å². The van der Waals surface area contributed by atoms with Crippen molar-refractivity contribution in [1.29, 1.82) is 0 Å². The summed E-state index contributed by atoms with van der Waals surface area (Å²) in [5, 5.41) is 0.688. The van der Waals surface area contributed by atoms with Crippen LogP contribution in [0.3, 0.4) is 0 Å². The Morgan fingerprint density at radius 3 is 2.90 bits per heavy atom. The molecular weight excluding hydrogens is 338 g/mol. The van der Waals surface area contributed by atoms with Gasteiger partial charge in [-0.05, 0) is 42.3 Å². The molecule has 2 aromatic carbocycles. The summed E-state index contributed by atoms with van der Waals surface area (Å²) < 4.78 is 1.05. The molecule has 3 nitrogen and oxygen atoms in total. The summed E-state index contributed by atoms with van der Waals surface area (Å²) >= 11 is 9.44. The number of aromatic nitrogens is 2. The smallest absolute Gasteiger partial charge is 0.124 e. The lowest BCUT2D eigenvalue weighted by atomic mass is 10.1. The summed E-state index contributed by atoms with van der Waals surface area (Å²) in [6.07, 6.45) is 0.729. The highest BCUT2D eigenvalue weighted by Crippen LogP contribution is 2.21. The molecule has 0 aliphatic heterocycles. The highest BCUT2D eigenvalue weighted by atomic mass is 79.9. The number of nitrogens with two attached hydrogens (primary N) is 1. The van der Waals surface area contributed by atoms with Gasteiger partial charge in [0, 0.05) is 9.50 Å². The Labute approximate surface area is 130 Å².